The number of rotatable bonds is 3. The van der Waals surface area contributed by atoms with Gasteiger partial charge in [0.25, 0.3) is 5.91 Å². The molecule has 36 heavy (non-hydrogen) atoms. The number of aryl methyl sites for hydroxylation is 1. The van der Waals surface area contributed by atoms with Gasteiger partial charge in [-0.3, -0.25) is 4.79 Å². The molecular weight excluding hydrogens is 466 g/mol. The number of carbonyl (C=O) groups is 1. The standard InChI is InChI=1S/C27H28F2N4O3/c1-16-9-10-19-21(15-16)30-23(20-7-5-6-8-22(20)34)31-24(19)32-11-13-33(14-12-32)25(35)26(4)27(28,29)17(2)18(3)36-26/h5-10,15,18,34H,2,11-14H2,1,3-4H3. The number of phenols is 1. The molecule has 2 atom stereocenters. The topological polar surface area (TPSA) is 78.8 Å². The molecule has 3 heterocycles. The van der Waals surface area contributed by atoms with Crippen LogP contribution in [0.5, 0.6) is 5.75 Å². The maximum Gasteiger partial charge on any atom is 0.308 e. The van der Waals surface area contributed by atoms with E-state index in [0.29, 0.717) is 30.3 Å². The van der Waals surface area contributed by atoms with Gasteiger partial charge in [-0.1, -0.05) is 24.8 Å². The number of amides is 1. The largest absolute Gasteiger partial charge is 0.507 e. The van der Waals surface area contributed by atoms with Gasteiger partial charge in [0.15, 0.2) is 5.82 Å². The van der Waals surface area contributed by atoms with Crippen molar-refractivity contribution in [3.63, 3.8) is 0 Å². The monoisotopic (exact) mass is 494 g/mol. The number of aromatic hydroxyl groups is 1. The Hall–Kier alpha value is -3.59. The van der Waals surface area contributed by atoms with Crippen LogP contribution in [0, 0.1) is 6.92 Å². The number of benzene rings is 2. The Kier molecular flexibility index (Phi) is 5.70. The van der Waals surface area contributed by atoms with E-state index in [-0.39, 0.29) is 24.4 Å². The molecule has 2 aliphatic heterocycles. The van der Waals surface area contributed by atoms with Crippen molar-refractivity contribution < 1.29 is 23.4 Å². The molecule has 188 valence electrons. The molecule has 3 aromatic rings. The van der Waals surface area contributed by atoms with Crippen LogP contribution in [0.25, 0.3) is 22.3 Å². The summed E-state index contributed by atoms with van der Waals surface area (Å²) in [5.74, 6) is -3.06. The van der Waals surface area contributed by atoms with E-state index in [4.69, 9.17) is 9.72 Å². The van der Waals surface area contributed by atoms with Crippen molar-refractivity contribution in [1.29, 1.82) is 0 Å². The molecule has 5 rings (SSSR count). The van der Waals surface area contributed by atoms with Gasteiger partial charge < -0.3 is 19.6 Å². The lowest BCUT2D eigenvalue weighted by atomic mass is 9.92. The molecule has 7 nitrogen and oxygen atoms in total. The number of halogens is 2. The van der Waals surface area contributed by atoms with E-state index in [1.165, 1.54) is 11.8 Å². The average Bonchev–Trinajstić information content (AvgIpc) is 3.02. The lowest BCUT2D eigenvalue weighted by Crippen LogP contribution is -2.60. The number of nitrogens with zero attached hydrogens (tertiary/aromatic N) is 4. The van der Waals surface area contributed by atoms with Crippen LogP contribution in [-0.2, 0) is 9.53 Å². The minimum absolute atomic E-state index is 0.0763. The fourth-order valence-electron chi connectivity index (χ4n) is 4.92. The molecule has 0 bridgehead atoms. The first-order valence-corrected chi connectivity index (χ1v) is 11.9. The molecule has 2 fully saturated rings. The van der Waals surface area contributed by atoms with Crippen LogP contribution in [0.1, 0.15) is 19.4 Å². The Bertz CT molecular complexity index is 1370. The summed E-state index contributed by atoms with van der Waals surface area (Å²) in [6.45, 7) is 9.31. The molecule has 2 unspecified atom stereocenters. The van der Waals surface area contributed by atoms with E-state index < -0.39 is 23.5 Å². The number of carbonyl (C=O) groups excluding carboxylic acids is 1. The summed E-state index contributed by atoms with van der Waals surface area (Å²) in [4.78, 5) is 26.1. The van der Waals surface area contributed by atoms with Gasteiger partial charge in [-0.15, -0.1) is 0 Å². The summed E-state index contributed by atoms with van der Waals surface area (Å²) in [6.07, 6.45) is -0.904. The molecule has 2 saturated heterocycles. The number of anilines is 1. The predicted octanol–water partition coefficient (Wildman–Crippen LogP) is 4.33. The molecule has 1 aromatic heterocycles. The minimum atomic E-state index is -3.45. The lowest BCUT2D eigenvalue weighted by molar-refractivity contribution is -0.180. The average molecular weight is 495 g/mol. The van der Waals surface area contributed by atoms with Gasteiger partial charge >= 0.3 is 5.92 Å². The van der Waals surface area contributed by atoms with Crippen LogP contribution in [0.4, 0.5) is 14.6 Å². The van der Waals surface area contributed by atoms with Gasteiger partial charge in [0.05, 0.1) is 17.2 Å². The van der Waals surface area contributed by atoms with Crippen molar-refractivity contribution in [3.05, 3.63) is 60.2 Å². The summed E-state index contributed by atoms with van der Waals surface area (Å²) in [5.41, 5.74) is -0.374. The van der Waals surface area contributed by atoms with Crippen molar-refractivity contribution in [1.82, 2.24) is 14.9 Å². The summed E-state index contributed by atoms with van der Waals surface area (Å²) in [5, 5.41) is 11.2. The highest BCUT2D eigenvalue weighted by Gasteiger charge is 2.66. The van der Waals surface area contributed by atoms with Crippen molar-refractivity contribution in [2.75, 3.05) is 31.1 Å². The van der Waals surface area contributed by atoms with Gasteiger partial charge in [0.2, 0.25) is 5.60 Å². The molecule has 0 saturated carbocycles. The van der Waals surface area contributed by atoms with Gasteiger partial charge in [0, 0.05) is 37.1 Å². The van der Waals surface area contributed by atoms with Gasteiger partial charge in [0.1, 0.15) is 11.6 Å². The van der Waals surface area contributed by atoms with Gasteiger partial charge in [-0.05, 0) is 50.6 Å². The SMILES string of the molecule is C=C1C(C)OC(C)(C(=O)N2CCN(c3nc(-c4ccccc4O)nc4cc(C)ccc34)CC2)C1(F)F. The van der Waals surface area contributed by atoms with Crippen LogP contribution >= 0.6 is 0 Å². The quantitative estimate of drug-likeness (QED) is 0.546. The molecule has 9 heteroatoms. The molecule has 2 aromatic carbocycles. The van der Waals surface area contributed by atoms with Gasteiger partial charge in [-0.2, -0.15) is 8.78 Å². The first-order valence-electron chi connectivity index (χ1n) is 11.9. The Morgan fingerprint density at radius 3 is 2.47 bits per heavy atom. The highest BCUT2D eigenvalue weighted by molar-refractivity contribution is 5.92. The van der Waals surface area contributed by atoms with Gasteiger partial charge in [-0.25, -0.2) is 9.97 Å². The second-order valence-corrected chi connectivity index (χ2v) is 9.58. The number of piperazine rings is 1. The van der Waals surface area contributed by atoms with Crippen molar-refractivity contribution in [3.8, 4) is 17.1 Å². The Balaban J connectivity index is 1.44. The molecule has 1 N–H and O–H groups in total. The van der Waals surface area contributed by atoms with Crippen molar-refractivity contribution >= 4 is 22.6 Å². The first-order chi connectivity index (χ1) is 17.0. The number of aromatic nitrogens is 2. The van der Waals surface area contributed by atoms with E-state index in [9.17, 15) is 18.7 Å². The number of hydrogen-bond acceptors (Lipinski definition) is 6. The number of alkyl halides is 2. The molecular formula is C27H28F2N4O3. The van der Waals surface area contributed by atoms with Crippen LogP contribution in [0.2, 0.25) is 0 Å². The summed E-state index contributed by atoms with van der Waals surface area (Å²) in [7, 11) is 0. The smallest absolute Gasteiger partial charge is 0.308 e. The highest BCUT2D eigenvalue weighted by Crippen LogP contribution is 2.48. The fraction of sp³-hybridized carbons (Fsp3) is 0.370. The summed E-state index contributed by atoms with van der Waals surface area (Å²) < 4.78 is 35.3. The van der Waals surface area contributed by atoms with Crippen LogP contribution in [0.3, 0.4) is 0 Å². The zero-order chi connectivity index (χ0) is 25.8. The van der Waals surface area contributed by atoms with E-state index in [0.717, 1.165) is 23.4 Å². The summed E-state index contributed by atoms with van der Waals surface area (Å²) >= 11 is 0. The highest BCUT2D eigenvalue weighted by atomic mass is 19.3. The van der Waals surface area contributed by atoms with Crippen molar-refractivity contribution in [2.45, 2.75) is 38.4 Å². The normalized spacial score (nSPS) is 23.9. The predicted molar refractivity (Wildman–Crippen MR) is 133 cm³/mol. The van der Waals surface area contributed by atoms with E-state index >= 15 is 0 Å². The van der Waals surface area contributed by atoms with E-state index in [1.54, 1.807) is 24.3 Å². The number of fused-ring (bicyclic) bond motifs is 1. The second-order valence-electron chi connectivity index (χ2n) is 9.58. The molecule has 0 aliphatic carbocycles. The maximum atomic E-state index is 14.9. The Labute approximate surface area is 208 Å². The number of hydrogen-bond donors (Lipinski definition) is 1. The van der Waals surface area contributed by atoms with E-state index in [1.807, 2.05) is 30.0 Å². The Morgan fingerprint density at radius 2 is 1.83 bits per heavy atom. The lowest BCUT2D eigenvalue weighted by Gasteiger charge is -2.40. The van der Waals surface area contributed by atoms with E-state index in [2.05, 4.69) is 11.6 Å². The van der Waals surface area contributed by atoms with Crippen LogP contribution < -0.4 is 4.90 Å². The fourth-order valence-corrected chi connectivity index (χ4v) is 4.92. The molecule has 0 radical (unpaired) electrons. The second kappa shape index (κ2) is 8.51. The number of ether oxygens (including phenoxy) is 1. The third kappa shape index (κ3) is 3.69. The minimum Gasteiger partial charge on any atom is -0.507 e. The van der Waals surface area contributed by atoms with Crippen LogP contribution in [0.15, 0.2) is 54.6 Å². The third-order valence-corrected chi connectivity index (χ3v) is 7.16. The number of phenolic OH excluding ortho intramolecular Hbond substituents is 1. The molecule has 0 spiro atoms. The molecule has 2 aliphatic rings. The first kappa shape index (κ1) is 24.1. The van der Waals surface area contributed by atoms with Crippen LogP contribution in [-0.4, -0.2) is 69.7 Å². The Morgan fingerprint density at radius 1 is 1.14 bits per heavy atom. The zero-order valence-corrected chi connectivity index (χ0v) is 20.5. The van der Waals surface area contributed by atoms with Crippen molar-refractivity contribution in [2.24, 2.45) is 0 Å². The third-order valence-electron chi connectivity index (χ3n) is 7.16. The molecule has 1 amide bonds. The maximum absolute atomic E-state index is 14.9. The number of para-hydroxylation sites is 1. The summed E-state index contributed by atoms with van der Waals surface area (Å²) in [6, 6.07) is 12.8. The zero-order valence-electron chi connectivity index (χ0n) is 20.5.